The summed E-state index contributed by atoms with van der Waals surface area (Å²) < 4.78 is 37.7. The lowest BCUT2D eigenvalue weighted by Gasteiger charge is -2.25. The van der Waals surface area contributed by atoms with E-state index in [9.17, 15) is 33.2 Å². The van der Waals surface area contributed by atoms with Crippen LogP contribution < -0.4 is 5.32 Å². The molecule has 11 heteroatoms. The van der Waals surface area contributed by atoms with Crippen molar-refractivity contribution in [2.24, 2.45) is 0 Å². The summed E-state index contributed by atoms with van der Waals surface area (Å²) >= 11 is 7.31. The number of amides is 1. The molecular formula is C10H7ClF3IN2O4. The summed E-state index contributed by atoms with van der Waals surface area (Å²) in [6.07, 6.45) is -5.21. The number of nitro groups is 1. The third-order valence-electron chi connectivity index (χ3n) is 2.49. The van der Waals surface area contributed by atoms with Gasteiger partial charge >= 0.3 is 11.9 Å². The fraction of sp³-hybridized carbons (Fsp3) is 0.300. The number of hydrogen-bond acceptors (Lipinski definition) is 4. The highest BCUT2D eigenvalue weighted by Gasteiger charge is 2.55. The Labute approximate surface area is 134 Å². The van der Waals surface area contributed by atoms with E-state index in [0.29, 0.717) is 0 Å². The molecule has 0 bridgehead atoms. The fourth-order valence-corrected chi connectivity index (χ4v) is 2.26. The standard InChI is InChI=1S/C10H7ClF3IN2O4/c1-9(19,10(12,13)14)8(18)16-5-3-2-4(15)7(6(5)11)17(20)21/h2-3,19H,1H3,(H,16,18)/t9-/m1/s1. The molecule has 2 N–H and O–H groups in total. The predicted molar refractivity (Wildman–Crippen MR) is 76.1 cm³/mol. The van der Waals surface area contributed by atoms with Gasteiger partial charge in [0.15, 0.2) is 0 Å². The van der Waals surface area contributed by atoms with Crippen LogP contribution in [0.5, 0.6) is 0 Å². The zero-order valence-corrected chi connectivity index (χ0v) is 13.1. The summed E-state index contributed by atoms with van der Waals surface area (Å²) in [6, 6.07) is 2.30. The minimum atomic E-state index is -5.21. The van der Waals surface area contributed by atoms with Crippen LogP contribution in [0.1, 0.15) is 6.92 Å². The topological polar surface area (TPSA) is 92.5 Å². The lowest BCUT2D eigenvalue weighted by atomic mass is 10.1. The molecule has 1 aromatic carbocycles. The van der Waals surface area contributed by atoms with Gasteiger partial charge in [0.2, 0.25) is 5.60 Å². The van der Waals surface area contributed by atoms with Crippen molar-refractivity contribution in [3.8, 4) is 0 Å². The maximum Gasteiger partial charge on any atom is 0.426 e. The molecule has 0 aliphatic carbocycles. The average molecular weight is 439 g/mol. The van der Waals surface area contributed by atoms with Crippen LogP contribution >= 0.6 is 34.2 Å². The number of rotatable bonds is 3. The number of alkyl halides is 3. The van der Waals surface area contributed by atoms with Crippen molar-refractivity contribution in [2.45, 2.75) is 18.7 Å². The molecule has 116 valence electrons. The van der Waals surface area contributed by atoms with Crippen molar-refractivity contribution < 1.29 is 28.0 Å². The van der Waals surface area contributed by atoms with E-state index in [-0.39, 0.29) is 10.5 Å². The van der Waals surface area contributed by atoms with E-state index in [4.69, 9.17) is 11.6 Å². The van der Waals surface area contributed by atoms with Crippen LogP contribution in [0.25, 0.3) is 0 Å². The van der Waals surface area contributed by atoms with Gasteiger partial charge in [-0.1, -0.05) is 11.6 Å². The Bertz CT molecular complexity index is 607. The molecule has 0 saturated heterocycles. The number of aliphatic hydroxyl groups is 1. The van der Waals surface area contributed by atoms with E-state index in [1.807, 2.05) is 0 Å². The lowest BCUT2D eigenvalue weighted by molar-refractivity contribution is -0.385. The molecule has 0 unspecified atom stereocenters. The summed E-state index contributed by atoms with van der Waals surface area (Å²) in [5, 5.41) is 21.2. The minimum Gasteiger partial charge on any atom is -0.373 e. The quantitative estimate of drug-likeness (QED) is 0.431. The van der Waals surface area contributed by atoms with Crippen molar-refractivity contribution in [2.75, 3.05) is 5.32 Å². The highest BCUT2D eigenvalue weighted by atomic mass is 127. The van der Waals surface area contributed by atoms with Gasteiger partial charge in [-0.25, -0.2) is 0 Å². The Balaban J connectivity index is 3.19. The SMILES string of the molecule is C[C@@](O)(C(=O)Nc1ccc(I)c([N+](=O)[O-])c1Cl)C(F)(F)F. The minimum absolute atomic E-state index is 0.142. The molecule has 0 heterocycles. The first-order valence-corrected chi connectivity index (χ1v) is 6.58. The number of nitro benzene ring substituents is 1. The number of carbonyl (C=O) groups excluding carboxylic acids is 1. The predicted octanol–water partition coefficient (Wildman–Crippen LogP) is 3.10. The largest absolute Gasteiger partial charge is 0.426 e. The van der Waals surface area contributed by atoms with Crippen molar-refractivity contribution in [1.29, 1.82) is 0 Å². The fourth-order valence-electron chi connectivity index (χ4n) is 1.18. The second-order valence-electron chi connectivity index (χ2n) is 4.04. The number of nitrogens with zero attached hydrogens (tertiary/aromatic N) is 1. The first-order valence-electron chi connectivity index (χ1n) is 5.12. The van der Waals surface area contributed by atoms with Crippen molar-refractivity contribution in [3.05, 3.63) is 30.8 Å². The molecule has 0 saturated carbocycles. The number of nitrogens with one attached hydrogen (secondary N) is 1. The Morgan fingerprint density at radius 3 is 2.43 bits per heavy atom. The van der Waals surface area contributed by atoms with E-state index >= 15 is 0 Å². The molecule has 0 aromatic heterocycles. The molecule has 1 amide bonds. The highest BCUT2D eigenvalue weighted by Crippen LogP contribution is 2.37. The third-order valence-corrected chi connectivity index (χ3v) is 3.74. The molecule has 0 spiro atoms. The molecular weight excluding hydrogens is 431 g/mol. The van der Waals surface area contributed by atoms with Crippen LogP contribution in [0.4, 0.5) is 24.5 Å². The molecule has 6 nitrogen and oxygen atoms in total. The van der Waals surface area contributed by atoms with Gasteiger partial charge in [-0.15, -0.1) is 0 Å². The number of hydrogen-bond donors (Lipinski definition) is 2. The van der Waals surface area contributed by atoms with Crippen LogP contribution in [-0.4, -0.2) is 27.7 Å². The zero-order chi connectivity index (χ0) is 16.6. The van der Waals surface area contributed by atoms with Crippen molar-refractivity contribution >= 4 is 51.5 Å². The van der Waals surface area contributed by atoms with Crippen LogP contribution in [-0.2, 0) is 4.79 Å². The number of carbonyl (C=O) groups is 1. The van der Waals surface area contributed by atoms with Crippen LogP contribution in [0.3, 0.4) is 0 Å². The van der Waals surface area contributed by atoms with E-state index < -0.39 is 39.0 Å². The normalized spacial score (nSPS) is 14.4. The van der Waals surface area contributed by atoms with Gasteiger partial charge in [-0.3, -0.25) is 14.9 Å². The van der Waals surface area contributed by atoms with E-state index in [1.165, 1.54) is 6.07 Å². The van der Waals surface area contributed by atoms with Gasteiger partial charge in [0.25, 0.3) is 5.91 Å². The molecule has 0 aliphatic rings. The van der Waals surface area contributed by atoms with Gasteiger partial charge in [-0.2, -0.15) is 13.2 Å². The Kier molecular flexibility index (Phi) is 5.05. The number of anilines is 1. The van der Waals surface area contributed by atoms with Crippen molar-refractivity contribution in [3.63, 3.8) is 0 Å². The smallest absolute Gasteiger partial charge is 0.373 e. The second kappa shape index (κ2) is 5.93. The monoisotopic (exact) mass is 438 g/mol. The maximum atomic E-state index is 12.5. The molecule has 0 aliphatic heterocycles. The highest BCUT2D eigenvalue weighted by molar-refractivity contribution is 14.1. The molecule has 1 rings (SSSR count). The van der Waals surface area contributed by atoms with E-state index in [2.05, 4.69) is 0 Å². The Hall–Kier alpha value is -1.14. The number of halogens is 5. The van der Waals surface area contributed by atoms with Gasteiger partial charge < -0.3 is 10.4 Å². The number of benzene rings is 1. The van der Waals surface area contributed by atoms with Gasteiger partial charge in [0.1, 0.15) is 5.02 Å². The first-order chi connectivity index (χ1) is 9.39. The molecule has 1 aromatic rings. The van der Waals surface area contributed by atoms with E-state index in [1.54, 1.807) is 27.9 Å². The first kappa shape index (κ1) is 17.9. The lowest BCUT2D eigenvalue weighted by Crippen LogP contribution is -2.52. The van der Waals surface area contributed by atoms with Crippen LogP contribution in [0.2, 0.25) is 5.02 Å². The molecule has 21 heavy (non-hydrogen) atoms. The average Bonchev–Trinajstić information content (AvgIpc) is 2.30. The Morgan fingerprint density at radius 2 is 2.00 bits per heavy atom. The van der Waals surface area contributed by atoms with Gasteiger partial charge in [0, 0.05) is 0 Å². The van der Waals surface area contributed by atoms with Crippen LogP contribution in [0, 0.1) is 13.7 Å². The van der Waals surface area contributed by atoms with E-state index in [0.717, 1.165) is 6.07 Å². The zero-order valence-electron chi connectivity index (χ0n) is 10.2. The summed E-state index contributed by atoms with van der Waals surface area (Å²) in [5.74, 6) is -1.80. The third kappa shape index (κ3) is 3.55. The molecule has 0 radical (unpaired) electrons. The second-order valence-corrected chi connectivity index (χ2v) is 5.58. The maximum absolute atomic E-state index is 12.5. The summed E-state index contributed by atoms with van der Waals surface area (Å²) in [7, 11) is 0. The Morgan fingerprint density at radius 1 is 1.48 bits per heavy atom. The van der Waals surface area contributed by atoms with Gasteiger partial charge in [-0.05, 0) is 41.6 Å². The summed E-state index contributed by atoms with van der Waals surface area (Å²) in [6.45, 7) is 0.261. The van der Waals surface area contributed by atoms with Gasteiger partial charge in [0.05, 0.1) is 14.2 Å². The summed E-state index contributed by atoms with van der Waals surface area (Å²) in [4.78, 5) is 21.5. The van der Waals surface area contributed by atoms with Crippen molar-refractivity contribution in [1.82, 2.24) is 0 Å². The molecule has 0 fully saturated rings. The van der Waals surface area contributed by atoms with Crippen LogP contribution in [0.15, 0.2) is 12.1 Å². The molecule has 1 atom stereocenters. The summed E-state index contributed by atoms with van der Waals surface area (Å²) in [5.41, 5.74) is -4.62.